The van der Waals surface area contributed by atoms with E-state index in [1.807, 2.05) is 0 Å². The van der Waals surface area contributed by atoms with Gasteiger partial charge in [0.1, 0.15) is 34.7 Å². The second kappa shape index (κ2) is 22.7. The van der Waals surface area contributed by atoms with Crippen molar-refractivity contribution in [2.24, 2.45) is 0 Å². The van der Waals surface area contributed by atoms with Crippen LogP contribution >= 0.6 is 23.4 Å². The van der Waals surface area contributed by atoms with Crippen molar-refractivity contribution in [3.8, 4) is 22.6 Å². The molecule has 0 aliphatic carbocycles. The van der Waals surface area contributed by atoms with Crippen molar-refractivity contribution in [1.82, 2.24) is 20.5 Å². The zero-order chi connectivity index (χ0) is 47.4. The zero-order valence-corrected chi connectivity index (χ0v) is 36.9. The number of carboxylic acids is 2. The second-order valence-corrected chi connectivity index (χ2v) is 15.9. The first-order valence-electron chi connectivity index (χ1n) is 20.1. The predicted octanol–water partition coefficient (Wildman–Crippen LogP) is 6.58. The number of carboxylic acid groups (broad SMARTS) is 2. The van der Waals surface area contributed by atoms with Crippen molar-refractivity contribution in [3.63, 3.8) is 0 Å². The molecule has 4 aromatic carbocycles. The molecular weight excluding hydrogens is 890 g/mol. The lowest BCUT2D eigenvalue weighted by Crippen LogP contribution is -2.44. The Morgan fingerprint density at radius 1 is 0.831 bits per heavy atom. The predicted molar refractivity (Wildman–Crippen MR) is 238 cm³/mol. The maximum atomic E-state index is 14.3. The number of halogens is 3. The molecule has 0 fully saturated rings. The molecule has 5 N–H and O–H groups in total. The van der Waals surface area contributed by atoms with Crippen LogP contribution in [0.25, 0.3) is 22.0 Å². The summed E-state index contributed by atoms with van der Waals surface area (Å²) in [5.74, 6) is -6.36. The summed E-state index contributed by atoms with van der Waals surface area (Å²) in [6.07, 6.45) is 1.56. The molecule has 0 radical (unpaired) electrons. The smallest absolute Gasteiger partial charge is 0.339 e. The van der Waals surface area contributed by atoms with E-state index in [0.717, 1.165) is 23.9 Å². The minimum atomic E-state index is -1.46. The van der Waals surface area contributed by atoms with Crippen molar-refractivity contribution < 1.29 is 62.0 Å². The Morgan fingerprint density at radius 3 is 2.22 bits per heavy atom. The monoisotopic (exact) mass is 934 g/mol. The molecule has 1 aromatic heterocycles. The number of aromatic carboxylic acids is 1. The third-order valence-corrected chi connectivity index (χ3v) is 11.3. The first kappa shape index (κ1) is 49.2. The molecule has 0 spiro atoms. The van der Waals surface area contributed by atoms with Gasteiger partial charge in [-0.2, -0.15) is 0 Å². The molecule has 3 amide bonds. The van der Waals surface area contributed by atoms with Gasteiger partial charge in [0.15, 0.2) is 6.61 Å². The lowest BCUT2D eigenvalue weighted by Gasteiger charge is -2.18. The van der Waals surface area contributed by atoms with Gasteiger partial charge in [0.2, 0.25) is 16.9 Å². The van der Waals surface area contributed by atoms with Gasteiger partial charge in [0, 0.05) is 46.3 Å². The summed E-state index contributed by atoms with van der Waals surface area (Å²) in [5, 5.41) is 28.0. The maximum Gasteiger partial charge on any atom is 0.339 e. The number of carbonyl (C=O) groups is 7. The van der Waals surface area contributed by atoms with Crippen molar-refractivity contribution in [2.75, 3.05) is 26.5 Å². The number of hydrogen-bond acceptors (Lipinski definition) is 10. The fraction of sp³-hybridized carbons (Fsp3) is 0.283. The lowest BCUT2D eigenvalue weighted by atomic mass is 10.0. The number of unbranched alkanes of at least 4 members (excludes halogenated alkanes) is 1. The number of benzene rings is 4. The molecule has 342 valence electrons. The molecule has 15 nitrogen and oxygen atoms in total. The number of thioether (sulfide) groups is 1. The molecular formula is C46H45ClF2N4O11S. The van der Waals surface area contributed by atoms with Crippen molar-refractivity contribution in [2.45, 2.75) is 57.5 Å². The number of hydrogen-bond donors (Lipinski definition) is 5. The van der Waals surface area contributed by atoms with E-state index in [-0.39, 0.29) is 65.7 Å². The molecule has 2 unspecified atom stereocenters. The van der Waals surface area contributed by atoms with Crippen molar-refractivity contribution in [1.29, 1.82) is 0 Å². The minimum Gasteiger partial charge on any atom is -0.497 e. The van der Waals surface area contributed by atoms with Gasteiger partial charge in [-0.25, -0.2) is 18.4 Å². The first-order valence-corrected chi connectivity index (χ1v) is 21.7. The highest BCUT2D eigenvalue weighted by Gasteiger charge is 2.27. The Hall–Kier alpha value is -6.79. The number of carbonyl (C=O) groups excluding carboxylic acids is 5. The van der Waals surface area contributed by atoms with Gasteiger partial charge < -0.3 is 35.6 Å². The highest BCUT2D eigenvalue weighted by Crippen LogP contribution is 2.32. The Labute approximate surface area is 380 Å². The number of methoxy groups -OCH3 is 1. The third-order valence-electron chi connectivity index (χ3n) is 10.3. The van der Waals surface area contributed by atoms with Crippen LogP contribution in [0.5, 0.6) is 11.5 Å². The normalized spacial score (nSPS) is 11.9. The second-order valence-electron chi connectivity index (χ2n) is 14.7. The average Bonchev–Trinajstić information content (AvgIpc) is 3.54. The van der Waals surface area contributed by atoms with E-state index in [9.17, 15) is 52.6 Å². The van der Waals surface area contributed by atoms with Crippen LogP contribution in [-0.4, -0.2) is 94.1 Å². The van der Waals surface area contributed by atoms with Crippen LogP contribution < -0.4 is 25.4 Å². The van der Waals surface area contributed by atoms with Gasteiger partial charge in [-0.1, -0.05) is 29.4 Å². The topological polar surface area (TPSA) is 219 Å². The van der Waals surface area contributed by atoms with E-state index >= 15 is 0 Å². The van der Waals surface area contributed by atoms with Crippen LogP contribution in [0, 0.1) is 18.6 Å². The van der Waals surface area contributed by atoms with Gasteiger partial charge in [0.05, 0.1) is 25.1 Å². The Kier molecular flexibility index (Phi) is 17.2. The van der Waals surface area contributed by atoms with Gasteiger partial charge in [-0.3, -0.25) is 28.5 Å². The number of aromatic nitrogens is 1. The van der Waals surface area contributed by atoms with Gasteiger partial charge >= 0.3 is 11.9 Å². The Balaban J connectivity index is 1.10. The molecule has 19 heteroatoms. The van der Waals surface area contributed by atoms with Crippen LogP contribution in [0.2, 0.25) is 5.02 Å². The number of aliphatic carboxylic acids is 1. The number of amides is 3. The molecule has 0 saturated heterocycles. The fourth-order valence-electron chi connectivity index (χ4n) is 7.00. The molecule has 5 rings (SSSR count). The van der Waals surface area contributed by atoms with Crippen LogP contribution in [0.1, 0.15) is 64.1 Å². The molecule has 1 heterocycles. The largest absolute Gasteiger partial charge is 0.497 e. The summed E-state index contributed by atoms with van der Waals surface area (Å²) in [4.78, 5) is 89.4. The van der Waals surface area contributed by atoms with Crippen LogP contribution in [0.4, 0.5) is 8.78 Å². The number of ether oxygens (including phenoxy) is 2. The van der Waals surface area contributed by atoms with E-state index in [0.29, 0.717) is 57.4 Å². The minimum absolute atomic E-state index is 0.0224. The third kappa shape index (κ3) is 12.9. The molecule has 0 aliphatic rings. The maximum absolute atomic E-state index is 14.3. The first-order chi connectivity index (χ1) is 31.0. The molecule has 65 heavy (non-hydrogen) atoms. The standard InChI is InChI=1S/C46H45ClF2N4O11S/c1-25-32(33-22-30(63-2)13-16-38(33)53(25)43(57)26-7-10-28(47)11-8-26)23-41(55)51-36(45(60)61)15-18-40(54)52-37(46(62)65-3)6-4-5-19-50-42(56)24-64-39-17-9-27(20-34(39)44(58)59)31-14-12-29(48)21-35(31)49/h7-14,16-17,20-22,36-37H,4-6,15,18-19,23-24H2,1-3H3,(H,50,56)(H,51,55)(H,52,54)(H,58,59)(H,60,61). The van der Waals surface area contributed by atoms with Gasteiger partial charge in [-0.15, -0.1) is 0 Å². The highest BCUT2D eigenvalue weighted by atomic mass is 35.5. The van der Waals surface area contributed by atoms with E-state index in [1.54, 1.807) is 55.6 Å². The van der Waals surface area contributed by atoms with Crippen LogP contribution in [0.3, 0.4) is 0 Å². The summed E-state index contributed by atoms with van der Waals surface area (Å²) < 4.78 is 39.9. The summed E-state index contributed by atoms with van der Waals surface area (Å²) in [6, 6.07) is 15.7. The van der Waals surface area contributed by atoms with Crippen LogP contribution in [0.15, 0.2) is 78.9 Å². The highest BCUT2D eigenvalue weighted by molar-refractivity contribution is 8.13. The van der Waals surface area contributed by atoms with Gasteiger partial charge in [0.25, 0.3) is 11.8 Å². The number of nitrogens with zero attached hydrogens (tertiary/aromatic N) is 1. The van der Waals surface area contributed by atoms with Gasteiger partial charge in [-0.05, 0) is 117 Å². The van der Waals surface area contributed by atoms with E-state index in [2.05, 4.69) is 16.0 Å². The number of fused-ring (bicyclic) bond motifs is 1. The summed E-state index contributed by atoms with van der Waals surface area (Å²) in [5.41, 5.74) is 1.58. The quantitative estimate of drug-likeness (QED) is 0.0493. The summed E-state index contributed by atoms with van der Waals surface area (Å²) >= 11 is 6.92. The fourth-order valence-corrected chi connectivity index (χ4v) is 7.59. The molecule has 5 aromatic rings. The SMILES string of the molecule is COc1ccc2c(c1)c(CC(=O)NC(CCC(=O)NC(CCCCNC(=O)COc1ccc(-c3ccc(F)cc3F)cc1C(=O)O)C(=O)SC)C(=O)O)c(C)n2C(=O)c1ccc(Cl)cc1. The average molecular weight is 935 g/mol. The summed E-state index contributed by atoms with van der Waals surface area (Å²) in [6.45, 7) is 1.28. The lowest BCUT2D eigenvalue weighted by molar-refractivity contribution is -0.142. The molecule has 0 saturated carbocycles. The Bertz CT molecular complexity index is 2620. The van der Waals surface area contributed by atoms with Crippen molar-refractivity contribution in [3.05, 3.63) is 118 Å². The summed E-state index contributed by atoms with van der Waals surface area (Å²) in [7, 11) is 1.47. The van der Waals surface area contributed by atoms with E-state index in [4.69, 9.17) is 21.1 Å². The Morgan fingerprint density at radius 2 is 1.55 bits per heavy atom. The zero-order valence-electron chi connectivity index (χ0n) is 35.4. The molecule has 0 aliphatic heterocycles. The van der Waals surface area contributed by atoms with E-state index in [1.165, 1.54) is 29.9 Å². The number of nitrogens with one attached hydrogen (secondary N) is 3. The van der Waals surface area contributed by atoms with Crippen LogP contribution in [-0.2, 0) is 30.4 Å². The van der Waals surface area contributed by atoms with Crippen molar-refractivity contribution >= 4 is 74.9 Å². The molecule has 0 bridgehead atoms. The molecule has 2 atom stereocenters. The number of rotatable bonds is 21. The van der Waals surface area contributed by atoms with E-state index < -0.39 is 60.0 Å².